The number of carbonyl (C=O) groups excluding carboxylic acids is 1. The summed E-state index contributed by atoms with van der Waals surface area (Å²) in [5.41, 5.74) is -1.72. The van der Waals surface area contributed by atoms with Crippen LogP contribution < -0.4 is 0 Å². The van der Waals surface area contributed by atoms with Crippen LogP contribution in [0.2, 0.25) is 0 Å². The summed E-state index contributed by atoms with van der Waals surface area (Å²) < 4.78 is 71.9. The average molecular weight is 428 g/mol. The first-order chi connectivity index (χ1) is 12.3. The summed E-state index contributed by atoms with van der Waals surface area (Å²) in [6.07, 6.45) is 0.878. The minimum absolute atomic E-state index is 0.217. The Bertz CT molecular complexity index is 669. The van der Waals surface area contributed by atoms with E-state index in [1.165, 1.54) is 0 Å². The summed E-state index contributed by atoms with van der Waals surface area (Å²) in [4.78, 5) is 11.4. The Balaban J connectivity index is 3.22. The molecule has 0 aromatic rings. The summed E-state index contributed by atoms with van der Waals surface area (Å²) in [6.45, 7) is 2.04. The highest BCUT2D eigenvalue weighted by Crippen LogP contribution is 2.36. The molecule has 2 radical (unpaired) electrons. The van der Waals surface area contributed by atoms with Crippen LogP contribution in [0.15, 0.2) is 0 Å². The van der Waals surface area contributed by atoms with Gasteiger partial charge in [-0.05, 0) is 6.42 Å². The fraction of sp³-hybridized carbons (Fsp3) is 0.929. The highest BCUT2D eigenvalue weighted by atomic mass is 32.2. The van der Waals surface area contributed by atoms with Crippen LogP contribution in [-0.4, -0.2) is 86.8 Å². The van der Waals surface area contributed by atoms with Gasteiger partial charge in [0.05, 0.1) is 18.5 Å². The van der Waals surface area contributed by atoms with Gasteiger partial charge in [0.25, 0.3) is 20.2 Å². The van der Waals surface area contributed by atoms with E-state index in [-0.39, 0.29) is 6.61 Å². The highest BCUT2D eigenvalue weighted by molar-refractivity contribution is 7.86. The van der Waals surface area contributed by atoms with Crippen molar-refractivity contribution in [3.05, 3.63) is 0 Å². The Labute approximate surface area is 161 Å². The third kappa shape index (κ3) is 8.04. The number of hydrogen-bond acceptors (Lipinski definition) is 10. The predicted octanol–water partition coefficient (Wildman–Crippen LogP) is -0.681. The van der Waals surface area contributed by atoms with Gasteiger partial charge in [-0.1, -0.05) is 13.3 Å². The molecular weight excluding hydrogens is 403 g/mol. The van der Waals surface area contributed by atoms with Gasteiger partial charge in [0, 0.05) is 13.5 Å². The van der Waals surface area contributed by atoms with Gasteiger partial charge in [-0.15, -0.1) is 0 Å². The number of hydrogen-bond donors (Lipinski definition) is 0. The van der Waals surface area contributed by atoms with Gasteiger partial charge < -0.3 is 14.2 Å². The number of unbranched alkanes of at least 4 members (excludes halogenated alkanes) is 1. The summed E-state index contributed by atoms with van der Waals surface area (Å²) in [5, 5.41) is 0. The monoisotopic (exact) mass is 428 g/mol. The van der Waals surface area contributed by atoms with Crippen molar-refractivity contribution in [3.8, 4) is 0 Å². The smallest absolute Gasteiger partial charge is 0.303 e. The molecule has 1 aliphatic heterocycles. The van der Waals surface area contributed by atoms with Crippen molar-refractivity contribution in [1.82, 2.24) is 0 Å². The standard InChI is InChI=1S/C14H25BO10S2/c1-5-6-7-21-12-11(24-10(2)16)13(15)25-14(12,8-22-26(3,17)18)9-23-27(4,19)20/h11-13H,5-9H2,1-4H3/t11-,12?,13+/m0/s1. The van der Waals surface area contributed by atoms with Gasteiger partial charge in [0.1, 0.15) is 38.9 Å². The van der Waals surface area contributed by atoms with Gasteiger partial charge in [0.15, 0.2) is 0 Å². The largest absolute Gasteiger partial charge is 0.458 e. The molecule has 0 amide bonds. The molecule has 0 aromatic heterocycles. The average Bonchev–Trinajstić information content (AvgIpc) is 2.75. The third-order valence-corrected chi connectivity index (χ3v) is 4.74. The Morgan fingerprint density at radius 1 is 1.11 bits per heavy atom. The van der Waals surface area contributed by atoms with Gasteiger partial charge in [0.2, 0.25) is 0 Å². The summed E-state index contributed by atoms with van der Waals surface area (Å²) in [6, 6.07) is -1.20. The van der Waals surface area contributed by atoms with E-state index in [9.17, 15) is 21.6 Å². The van der Waals surface area contributed by atoms with Crippen LogP contribution in [0.4, 0.5) is 0 Å². The minimum atomic E-state index is -3.90. The van der Waals surface area contributed by atoms with Crippen LogP contribution in [0.25, 0.3) is 0 Å². The van der Waals surface area contributed by atoms with Crippen LogP contribution >= 0.6 is 0 Å². The van der Waals surface area contributed by atoms with E-state index in [1.54, 1.807) is 0 Å². The SMILES string of the molecule is [B][C@@H]1OC(COS(C)(=O)=O)(COS(C)(=O)=O)C(OCCCC)[C@@H]1OC(C)=O. The molecular formula is C14H25BO10S2. The fourth-order valence-corrected chi connectivity index (χ4v) is 3.31. The molecule has 1 fully saturated rings. The van der Waals surface area contributed by atoms with E-state index in [0.717, 1.165) is 25.9 Å². The first kappa shape index (κ1) is 24.3. The van der Waals surface area contributed by atoms with Crippen molar-refractivity contribution in [2.75, 3.05) is 32.3 Å². The zero-order valence-corrected chi connectivity index (χ0v) is 17.4. The number of carbonyl (C=O) groups is 1. The van der Waals surface area contributed by atoms with E-state index >= 15 is 0 Å². The second kappa shape index (κ2) is 9.66. The van der Waals surface area contributed by atoms with Crippen LogP contribution in [0.5, 0.6) is 0 Å². The van der Waals surface area contributed by atoms with E-state index in [1.807, 2.05) is 6.92 Å². The maximum absolute atomic E-state index is 11.4. The van der Waals surface area contributed by atoms with Crippen molar-refractivity contribution in [2.24, 2.45) is 0 Å². The van der Waals surface area contributed by atoms with Crippen molar-refractivity contribution < 1.29 is 44.2 Å². The van der Waals surface area contributed by atoms with Gasteiger partial charge in [-0.3, -0.25) is 13.2 Å². The molecule has 0 aliphatic carbocycles. The molecule has 1 unspecified atom stereocenters. The fourth-order valence-electron chi connectivity index (χ4n) is 2.49. The molecule has 0 aromatic carbocycles. The Kier molecular flexibility index (Phi) is 8.69. The molecule has 0 N–H and O–H groups in total. The van der Waals surface area contributed by atoms with E-state index in [4.69, 9.17) is 30.4 Å². The lowest BCUT2D eigenvalue weighted by Crippen LogP contribution is -2.53. The molecule has 1 rings (SSSR count). The van der Waals surface area contributed by atoms with Crippen LogP contribution in [0.1, 0.15) is 26.7 Å². The maximum Gasteiger partial charge on any atom is 0.303 e. The molecule has 1 aliphatic rings. The second-order valence-electron chi connectivity index (χ2n) is 6.30. The maximum atomic E-state index is 11.4. The first-order valence-electron chi connectivity index (χ1n) is 8.20. The molecule has 0 bridgehead atoms. The Morgan fingerprint density at radius 3 is 2.04 bits per heavy atom. The number of rotatable bonds is 11. The van der Waals surface area contributed by atoms with Gasteiger partial charge >= 0.3 is 5.97 Å². The van der Waals surface area contributed by atoms with Gasteiger partial charge in [-0.25, -0.2) is 0 Å². The number of esters is 1. The molecule has 156 valence electrons. The molecule has 1 saturated heterocycles. The molecule has 27 heavy (non-hydrogen) atoms. The van der Waals surface area contributed by atoms with Gasteiger partial charge in [-0.2, -0.15) is 16.8 Å². The summed E-state index contributed by atoms with van der Waals surface area (Å²) in [5.74, 6) is -0.660. The highest BCUT2D eigenvalue weighted by Gasteiger charge is 2.57. The minimum Gasteiger partial charge on any atom is -0.458 e. The topological polar surface area (TPSA) is 132 Å². The zero-order chi connectivity index (χ0) is 20.9. The lowest BCUT2D eigenvalue weighted by molar-refractivity contribution is -0.158. The zero-order valence-electron chi connectivity index (χ0n) is 15.7. The molecule has 3 atom stereocenters. The predicted molar refractivity (Wildman–Crippen MR) is 95.2 cm³/mol. The Morgan fingerprint density at radius 2 is 1.63 bits per heavy atom. The van der Waals surface area contributed by atoms with Crippen LogP contribution in [0.3, 0.4) is 0 Å². The van der Waals surface area contributed by atoms with Crippen LogP contribution in [0, 0.1) is 0 Å². The molecule has 13 heteroatoms. The second-order valence-corrected chi connectivity index (χ2v) is 9.59. The quantitative estimate of drug-likeness (QED) is 0.180. The molecule has 0 spiro atoms. The van der Waals surface area contributed by atoms with E-state index in [2.05, 4.69) is 0 Å². The number of ether oxygens (including phenoxy) is 3. The molecule has 0 saturated carbocycles. The molecule has 10 nitrogen and oxygen atoms in total. The summed E-state index contributed by atoms with van der Waals surface area (Å²) in [7, 11) is -1.91. The van der Waals surface area contributed by atoms with E-state index in [0.29, 0.717) is 6.42 Å². The van der Waals surface area contributed by atoms with Crippen molar-refractivity contribution in [2.45, 2.75) is 50.5 Å². The normalized spacial score (nSPS) is 25.4. The third-order valence-electron chi connectivity index (χ3n) is 3.64. The summed E-state index contributed by atoms with van der Waals surface area (Å²) >= 11 is 0. The lowest BCUT2D eigenvalue weighted by Gasteiger charge is -2.34. The Hall–Kier alpha value is -0.725. The molecule has 1 heterocycles. The first-order valence-corrected chi connectivity index (χ1v) is 11.8. The van der Waals surface area contributed by atoms with Crippen LogP contribution in [-0.2, 0) is 47.6 Å². The lowest BCUT2D eigenvalue weighted by atomic mass is 9.89. The van der Waals surface area contributed by atoms with Crippen molar-refractivity contribution in [1.29, 1.82) is 0 Å². The van der Waals surface area contributed by atoms with E-state index < -0.39 is 63.2 Å². The van der Waals surface area contributed by atoms with Crippen molar-refractivity contribution >= 4 is 34.1 Å². The van der Waals surface area contributed by atoms with Crippen molar-refractivity contribution in [3.63, 3.8) is 0 Å².